The summed E-state index contributed by atoms with van der Waals surface area (Å²) in [6.45, 7) is 0. The lowest BCUT2D eigenvalue weighted by Gasteiger charge is -2.03. The van der Waals surface area contributed by atoms with Crippen molar-refractivity contribution in [3.63, 3.8) is 0 Å². The van der Waals surface area contributed by atoms with Crippen LogP contribution in [0.4, 0.5) is 5.69 Å². The minimum Gasteiger partial charge on any atom is -0.399 e. The summed E-state index contributed by atoms with van der Waals surface area (Å²) in [5, 5.41) is 0.788. The van der Waals surface area contributed by atoms with E-state index in [1.54, 1.807) is 0 Å². The van der Waals surface area contributed by atoms with Gasteiger partial charge < -0.3 is 5.73 Å². The molecule has 2 aromatic carbocycles. The van der Waals surface area contributed by atoms with Crippen molar-refractivity contribution in [2.75, 3.05) is 5.73 Å². The van der Waals surface area contributed by atoms with E-state index in [-0.39, 0.29) is 12.4 Å². The zero-order valence-corrected chi connectivity index (χ0v) is 11.0. The van der Waals surface area contributed by atoms with Crippen LogP contribution in [0.5, 0.6) is 0 Å². The van der Waals surface area contributed by atoms with Gasteiger partial charge >= 0.3 is 0 Å². The lowest BCUT2D eigenvalue weighted by molar-refractivity contribution is 0.961. The highest BCUT2D eigenvalue weighted by Gasteiger charge is 1.96. The van der Waals surface area contributed by atoms with Crippen LogP contribution in [0, 0.1) is 0 Å². The standard InChI is InChI=1S/C14H14ClN.ClH/c15-13-7-3-11(4-8-13)1-2-12-5-9-14(16)10-6-12;/h3-10H,1-2,16H2;1H. The highest BCUT2D eigenvalue weighted by Crippen LogP contribution is 2.13. The predicted molar refractivity (Wildman–Crippen MR) is 77.0 cm³/mol. The van der Waals surface area contributed by atoms with E-state index in [4.69, 9.17) is 17.3 Å². The fraction of sp³-hybridized carbons (Fsp3) is 0.143. The number of halogens is 2. The smallest absolute Gasteiger partial charge is 0.0406 e. The van der Waals surface area contributed by atoms with Gasteiger partial charge in [0.05, 0.1) is 0 Å². The molecule has 1 nitrogen and oxygen atoms in total. The Hall–Kier alpha value is -1.18. The summed E-state index contributed by atoms with van der Waals surface area (Å²) in [5.74, 6) is 0. The Bertz CT molecular complexity index is 403. The molecule has 2 aromatic rings. The van der Waals surface area contributed by atoms with Gasteiger partial charge in [-0.25, -0.2) is 0 Å². The van der Waals surface area contributed by atoms with E-state index >= 15 is 0 Å². The van der Waals surface area contributed by atoms with Gasteiger partial charge in [0.2, 0.25) is 0 Å². The Morgan fingerprint density at radius 3 is 1.65 bits per heavy atom. The second-order valence-electron chi connectivity index (χ2n) is 3.87. The van der Waals surface area contributed by atoms with Crippen LogP contribution in [0.1, 0.15) is 11.1 Å². The van der Waals surface area contributed by atoms with Crippen molar-refractivity contribution in [2.24, 2.45) is 0 Å². The van der Waals surface area contributed by atoms with Crippen LogP contribution in [0.3, 0.4) is 0 Å². The van der Waals surface area contributed by atoms with Gasteiger partial charge in [-0.2, -0.15) is 0 Å². The summed E-state index contributed by atoms with van der Waals surface area (Å²) in [5.41, 5.74) is 9.07. The molecule has 0 amide bonds. The maximum Gasteiger partial charge on any atom is 0.0406 e. The molecule has 0 bridgehead atoms. The minimum absolute atomic E-state index is 0. The average molecular weight is 268 g/mol. The first kappa shape index (κ1) is 13.9. The van der Waals surface area contributed by atoms with E-state index in [2.05, 4.69) is 24.3 Å². The molecular weight excluding hydrogens is 253 g/mol. The normalized spacial score (nSPS) is 9.71. The highest BCUT2D eigenvalue weighted by molar-refractivity contribution is 6.30. The lowest BCUT2D eigenvalue weighted by atomic mass is 10.0. The third kappa shape index (κ3) is 4.29. The molecule has 0 heterocycles. The Balaban J connectivity index is 0.00000144. The number of hydrogen-bond acceptors (Lipinski definition) is 1. The molecule has 0 spiro atoms. The first-order valence-electron chi connectivity index (χ1n) is 5.33. The molecule has 0 aliphatic carbocycles. The van der Waals surface area contributed by atoms with Crippen LogP contribution in [0.25, 0.3) is 0 Å². The molecule has 0 aliphatic heterocycles. The van der Waals surface area contributed by atoms with Crippen LogP contribution < -0.4 is 5.73 Å². The first-order valence-corrected chi connectivity index (χ1v) is 5.71. The highest BCUT2D eigenvalue weighted by atomic mass is 35.5. The van der Waals surface area contributed by atoms with Crippen molar-refractivity contribution in [1.29, 1.82) is 0 Å². The molecular formula is C14H15Cl2N. The Kier molecular flexibility index (Phi) is 5.33. The van der Waals surface area contributed by atoms with Crippen LogP contribution in [0.15, 0.2) is 48.5 Å². The SMILES string of the molecule is Cl.Nc1ccc(CCc2ccc(Cl)cc2)cc1. The molecule has 0 radical (unpaired) electrons. The number of nitrogen functional groups attached to an aromatic ring is 1. The van der Waals surface area contributed by atoms with Gasteiger partial charge in [-0.1, -0.05) is 35.9 Å². The van der Waals surface area contributed by atoms with Crippen molar-refractivity contribution < 1.29 is 0 Å². The van der Waals surface area contributed by atoms with Crippen LogP contribution in [-0.2, 0) is 12.8 Å². The molecule has 90 valence electrons. The maximum absolute atomic E-state index is 5.83. The summed E-state index contributed by atoms with van der Waals surface area (Å²) in [4.78, 5) is 0. The average Bonchev–Trinajstić information content (AvgIpc) is 2.30. The molecule has 0 atom stereocenters. The van der Waals surface area contributed by atoms with E-state index in [1.165, 1.54) is 11.1 Å². The van der Waals surface area contributed by atoms with E-state index < -0.39 is 0 Å². The number of hydrogen-bond donors (Lipinski definition) is 1. The van der Waals surface area contributed by atoms with Crippen molar-refractivity contribution in [3.05, 3.63) is 64.7 Å². The topological polar surface area (TPSA) is 26.0 Å². The number of aryl methyl sites for hydroxylation is 2. The molecule has 0 fully saturated rings. The van der Waals surface area contributed by atoms with Crippen LogP contribution in [0.2, 0.25) is 5.02 Å². The molecule has 17 heavy (non-hydrogen) atoms. The van der Waals surface area contributed by atoms with Crippen LogP contribution >= 0.6 is 24.0 Å². The molecule has 0 aromatic heterocycles. The van der Waals surface area contributed by atoms with Crippen molar-refractivity contribution >= 4 is 29.7 Å². The number of rotatable bonds is 3. The fourth-order valence-electron chi connectivity index (χ4n) is 1.62. The number of nitrogens with two attached hydrogens (primary N) is 1. The van der Waals surface area contributed by atoms with Crippen LogP contribution in [-0.4, -0.2) is 0 Å². The summed E-state index contributed by atoms with van der Waals surface area (Å²) >= 11 is 5.83. The minimum atomic E-state index is 0. The van der Waals surface area contributed by atoms with E-state index in [0.717, 1.165) is 23.6 Å². The molecule has 0 unspecified atom stereocenters. The maximum atomic E-state index is 5.83. The van der Waals surface area contributed by atoms with Crippen molar-refractivity contribution in [1.82, 2.24) is 0 Å². The molecule has 2 rings (SSSR count). The molecule has 2 N–H and O–H groups in total. The monoisotopic (exact) mass is 267 g/mol. The fourth-order valence-corrected chi connectivity index (χ4v) is 1.75. The van der Waals surface area contributed by atoms with Gasteiger partial charge in [0, 0.05) is 10.7 Å². The zero-order chi connectivity index (χ0) is 11.4. The first-order chi connectivity index (χ1) is 7.74. The Labute approximate surface area is 113 Å². The zero-order valence-electron chi connectivity index (χ0n) is 9.40. The van der Waals surface area contributed by atoms with Gasteiger partial charge in [0.25, 0.3) is 0 Å². The number of anilines is 1. The number of benzene rings is 2. The third-order valence-corrected chi connectivity index (χ3v) is 2.85. The molecule has 0 aliphatic rings. The summed E-state index contributed by atoms with van der Waals surface area (Å²) in [6, 6.07) is 16.0. The Morgan fingerprint density at radius 1 is 0.765 bits per heavy atom. The second-order valence-corrected chi connectivity index (χ2v) is 4.30. The van der Waals surface area contributed by atoms with E-state index in [9.17, 15) is 0 Å². The second kappa shape index (κ2) is 6.53. The molecule has 3 heteroatoms. The lowest BCUT2D eigenvalue weighted by Crippen LogP contribution is -1.92. The van der Waals surface area contributed by atoms with E-state index in [1.807, 2.05) is 24.3 Å². The summed E-state index contributed by atoms with van der Waals surface area (Å²) < 4.78 is 0. The predicted octanol–water partition coefficient (Wildman–Crippen LogP) is 4.13. The van der Waals surface area contributed by atoms with Gasteiger partial charge in [-0.3, -0.25) is 0 Å². The summed E-state index contributed by atoms with van der Waals surface area (Å²) in [7, 11) is 0. The Morgan fingerprint density at radius 2 is 1.18 bits per heavy atom. The molecule has 0 saturated heterocycles. The van der Waals surface area contributed by atoms with Gasteiger partial charge in [0.1, 0.15) is 0 Å². The van der Waals surface area contributed by atoms with Gasteiger partial charge in [-0.05, 0) is 48.2 Å². The third-order valence-electron chi connectivity index (χ3n) is 2.60. The van der Waals surface area contributed by atoms with Crippen molar-refractivity contribution in [2.45, 2.75) is 12.8 Å². The summed E-state index contributed by atoms with van der Waals surface area (Å²) in [6.07, 6.45) is 2.06. The van der Waals surface area contributed by atoms with Crippen molar-refractivity contribution in [3.8, 4) is 0 Å². The van der Waals surface area contributed by atoms with Gasteiger partial charge in [-0.15, -0.1) is 12.4 Å². The largest absolute Gasteiger partial charge is 0.399 e. The van der Waals surface area contributed by atoms with Gasteiger partial charge in [0.15, 0.2) is 0 Å². The molecule has 0 saturated carbocycles. The quantitative estimate of drug-likeness (QED) is 0.832. The van der Waals surface area contributed by atoms with E-state index in [0.29, 0.717) is 0 Å².